The van der Waals surface area contributed by atoms with Gasteiger partial charge in [0.15, 0.2) is 0 Å². The summed E-state index contributed by atoms with van der Waals surface area (Å²) in [6, 6.07) is 3.93. The fourth-order valence-corrected chi connectivity index (χ4v) is 5.06. The van der Waals surface area contributed by atoms with E-state index >= 15 is 0 Å². The van der Waals surface area contributed by atoms with Crippen LogP contribution in [0.25, 0.3) is 22.0 Å². The maximum absolute atomic E-state index is 14.1. The molecule has 0 saturated carbocycles. The number of benzene rings is 2. The van der Waals surface area contributed by atoms with Crippen molar-refractivity contribution in [1.82, 2.24) is 9.55 Å². The van der Waals surface area contributed by atoms with Gasteiger partial charge < -0.3 is 9.47 Å². The van der Waals surface area contributed by atoms with E-state index in [-0.39, 0.29) is 51.0 Å². The topological polar surface area (TPSA) is 73.3 Å². The lowest BCUT2D eigenvalue weighted by Crippen LogP contribution is -2.34. The second kappa shape index (κ2) is 8.54. The Hall–Kier alpha value is -2.34. The van der Waals surface area contributed by atoms with Gasteiger partial charge in [0.05, 0.1) is 34.1 Å². The first kappa shape index (κ1) is 22.8. The molecule has 6 nitrogen and oxygen atoms in total. The summed E-state index contributed by atoms with van der Waals surface area (Å²) in [5.74, 6) is -0.610. The summed E-state index contributed by atoms with van der Waals surface area (Å²) in [6.45, 7) is -0.0957. The number of nitrogens with zero attached hydrogens (tertiary/aromatic N) is 1. The quantitative estimate of drug-likeness (QED) is 0.437. The van der Waals surface area contributed by atoms with Gasteiger partial charge in [0.2, 0.25) is 0 Å². The summed E-state index contributed by atoms with van der Waals surface area (Å²) >= 11 is 6.86. The minimum Gasteiger partial charge on any atom is -0.359 e. The van der Waals surface area contributed by atoms with E-state index < -0.39 is 34.9 Å². The summed E-state index contributed by atoms with van der Waals surface area (Å²) in [5, 5.41) is -0.644. The molecular formula is C20H15ClF4N2O4S. The van der Waals surface area contributed by atoms with Crippen LogP contribution in [0.3, 0.4) is 0 Å². The van der Waals surface area contributed by atoms with Crippen molar-refractivity contribution in [1.29, 1.82) is 0 Å². The highest BCUT2D eigenvalue weighted by atomic mass is 35.5. The molecule has 0 unspecified atom stereocenters. The van der Waals surface area contributed by atoms with Gasteiger partial charge in [-0.1, -0.05) is 17.7 Å². The van der Waals surface area contributed by atoms with Crippen molar-refractivity contribution in [2.75, 3.05) is 19.7 Å². The van der Waals surface area contributed by atoms with Gasteiger partial charge in [-0.2, -0.15) is 13.2 Å². The fraction of sp³-hybridized carbons (Fsp3) is 0.300. The van der Waals surface area contributed by atoms with Gasteiger partial charge in [-0.3, -0.25) is 14.3 Å². The first-order valence-electron chi connectivity index (χ1n) is 9.21. The Morgan fingerprint density at radius 2 is 2.03 bits per heavy atom. The van der Waals surface area contributed by atoms with Crippen LogP contribution in [-0.4, -0.2) is 35.3 Å². The predicted molar refractivity (Wildman–Crippen MR) is 112 cm³/mol. The highest BCUT2D eigenvalue weighted by Gasteiger charge is 2.38. The average molecular weight is 491 g/mol. The first-order valence-corrected chi connectivity index (χ1v) is 10.6. The monoisotopic (exact) mass is 490 g/mol. The number of aromatic amines is 1. The van der Waals surface area contributed by atoms with E-state index in [0.29, 0.717) is 6.07 Å². The molecular weight excluding hydrogens is 476 g/mol. The van der Waals surface area contributed by atoms with Crippen LogP contribution in [0.15, 0.2) is 38.8 Å². The molecule has 1 aliphatic heterocycles. The van der Waals surface area contributed by atoms with Crippen LogP contribution < -0.4 is 11.2 Å². The molecule has 0 spiro atoms. The molecule has 3 aromatic rings. The van der Waals surface area contributed by atoms with Crippen molar-refractivity contribution in [3.63, 3.8) is 0 Å². The van der Waals surface area contributed by atoms with Gasteiger partial charge in [0.25, 0.3) is 5.56 Å². The second-order valence-corrected chi connectivity index (χ2v) is 8.46. The molecule has 4 rings (SSSR count). The van der Waals surface area contributed by atoms with Crippen LogP contribution in [0.4, 0.5) is 17.6 Å². The summed E-state index contributed by atoms with van der Waals surface area (Å²) in [4.78, 5) is 27.2. The number of hydrogen-bond acceptors (Lipinski definition) is 5. The zero-order chi connectivity index (χ0) is 23.2. The molecule has 170 valence electrons. The van der Waals surface area contributed by atoms with E-state index in [0.717, 1.165) is 23.9 Å². The fourth-order valence-electron chi connectivity index (χ4n) is 3.60. The molecule has 1 aliphatic rings. The number of alkyl halides is 3. The zero-order valence-electron chi connectivity index (χ0n) is 16.4. The van der Waals surface area contributed by atoms with Crippen molar-refractivity contribution in [3.8, 4) is 11.1 Å². The molecule has 1 aromatic heterocycles. The first-order chi connectivity index (χ1) is 15.1. The normalized spacial score (nSPS) is 16.4. The second-order valence-electron chi connectivity index (χ2n) is 7.03. The molecule has 0 radical (unpaired) electrons. The van der Waals surface area contributed by atoms with Crippen LogP contribution in [0.5, 0.6) is 0 Å². The molecule has 0 fully saturated rings. The molecule has 2 heterocycles. The van der Waals surface area contributed by atoms with E-state index in [4.69, 9.17) is 21.1 Å². The average Bonchev–Trinajstić information content (AvgIpc) is 2.92. The minimum absolute atomic E-state index is 0.00339. The van der Waals surface area contributed by atoms with Crippen molar-refractivity contribution >= 4 is 34.3 Å². The Morgan fingerprint density at radius 3 is 2.69 bits per heavy atom. The van der Waals surface area contributed by atoms with Gasteiger partial charge in [-0.15, -0.1) is 11.8 Å². The van der Waals surface area contributed by atoms with Crippen molar-refractivity contribution in [2.24, 2.45) is 0 Å². The Balaban J connectivity index is 2.10. The van der Waals surface area contributed by atoms with E-state index in [9.17, 15) is 27.2 Å². The highest BCUT2D eigenvalue weighted by Crippen LogP contribution is 2.46. The smallest absolute Gasteiger partial charge is 0.359 e. The summed E-state index contributed by atoms with van der Waals surface area (Å²) in [6.07, 6.45) is -5.43. The Kier molecular flexibility index (Phi) is 6.10. The number of methoxy groups -OCH3 is 1. The molecule has 1 atom stereocenters. The van der Waals surface area contributed by atoms with Crippen molar-refractivity contribution < 1.29 is 27.0 Å². The molecule has 0 bridgehead atoms. The van der Waals surface area contributed by atoms with Gasteiger partial charge >= 0.3 is 11.9 Å². The highest BCUT2D eigenvalue weighted by molar-refractivity contribution is 7.99. The number of rotatable bonds is 4. The molecule has 0 aliphatic carbocycles. The van der Waals surface area contributed by atoms with E-state index in [1.807, 2.05) is 0 Å². The summed E-state index contributed by atoms with van der Waals surface area (Å²) < 4.78 is 67.6. The van der Waals surface area contributed by atoms with Crippen LogP contribution in [0, 0.1) is 5.82 Å². The third kappa shape index (κ3) is 4.05. The van der Waals surface area contributed by atoms with Gasteiger partial charge in [0, 0.05) is 23.3 Å². The van der Waals surface area contributed by atoms with E-state index in [1.54, 1.807) is 0 Å². The van der Waals surface area contributed by atoms with Crippen LogP contribution in [0.2, 0.25) is 5.02 Å². The van der Waals surface area contributed by atoms with E-state index in [2.05, 4.69) is 4.98 Å². The number of hydrogen-bond donors (Lipinski definition) is 1. The molecule has 32 heavy (non-hydrogen) atoms. The molecule has 12 heteroatoms. The number of halogens is 5. The van der Waals surface area contributed by atoms with Crippen molar-refractivity contribution in [2.45, 2.75) is 23.7 Å². The third-order valence-corrected chi connectivity index (χ3v) is 6.48. The van der Waals surface area contributed by atoms with Crippen LogP contribution >= 0.6 is 23.4 Å². The number of thioether (sulfide) groups is 1. The van der Waals surface area contributed by atoms with E-state index in [1.165, 1.54) is 17.7 Å². The largest absolute Gasteiger partial charge is 0.417 e. The standard InChI is InChI=1S/C20H15ClF4N2O4S/c1-30-8-31-10-6-27-16-11(18(28)26-19(27)29)5-12(20(23,24)25)15(17(16)32-7-10)9-2-3-14(22)13(21)4-9/h2-5,10H,6-8H2,1H3,(H,26,28,29)/t10-/m0/s1. The maximum atomic E-state index is 14.1. The van der Waals surface area contributed by atoms with Crippen LogP contribution in [-0.2, 0) is 22.2 Å². The third-order valence-electron chi connectivity index (χ3n) is 4.97. The Labute approximate surface area is 187 Å². The summed E-state index contributed by atoms with van der Waals surface area (Å²) in [5.41, 5.74) is -3.04. The summed E-state index contributed by atoms with van der Waals surface area (Å²) in [7, 11) is 1.41. The predicted octanol–water partition coefficient (Wildman–Crippen LogP) is 4.26. The van der Waals surface area contributed by atoms with Gasteiger partial charge in [-0.05, 0) is 23.8 Å². The molecule has 0 saturated heterocycles. The molecule has 1 N–H and O–H groups in total. The number of nitrogens with one attached hydrogen (secondary N) is 1. The van der Waals surface area contributed by atoms with Crippen molar-refractivity contribution in [3.05, 3.63) is 61.5 Å². The number of H-pyrrole nitrogens is 1. The Morgan fingerprint density at radius 1 is 1.28 bits per heavy atom. The minimum atomic E-state index is -4.84. The number of ether oxygens (including phenoxy) is 2. The lowest BCUT2D eigenvalue weighted by molar-refractivity contribution is -0.137. The zero-order valence-corrected chi connectivity index (χ0v) is 18.0. The van der Waals surface area contributed by atoms with Gasteiger partial charge in [-0.25, -0.2) is 9.18 Å². The lowest BCUT2D eigenvalue weighted by atomic mass is 9.96. The maximum Gasteiger partial charge on any atom is 0.417 e. The molecule has 2 aromatic carbocycles. The Bertz CT molecular complexity index is 1320. The van der Waals surface area contributed by atoms with Crippen LogP contribution in [0.1, 0.15) is 5.56 Å². The lowest BCUT2D eigenvalue weighted by Gasteiger charge is -2.20. The number of aromatic nitrogens is 2. The van der Waals surface area contributed by atoms with Gasteiger partial charge in [0.1, 0.15) is 12.6 Å². The SMILES string of the molecule is COCO[C@@H]1CSc2c(-c3ccc(F)c(Cl)c3)c(C(F)(F)F)cc3c(=O)[nH]c(=O)n(c23)C1. The molecule has 0 amide bonds.